The molecule has 0 aromatic heterocycles. The standard InChI is InChI=1S/C12H12F2O4/c13-12(14)8-5-10-9(17-6-18-10)4-7(8)2-1-3-11(15)16/h4-5,12H,1-3,6H2,(H,15,16). The largest absolute Gasteiger partial charge is 0.481 e. The Morgan fingerprint density at radius 2 is 2.00 bits per heavy atom. The highest BCUT2D eigenvalue weighted by atomic mass is 19.3. The second kappa shape index (κ2) is 5.20. The Kier molecular flexibility index (Phi) is 3.64. The maximum Gasteiger partial charge on any atom is 0.303 e. The van der Waals surface area contributed by atoms with Gasteiger partial charge in [-0.1, -0.05) is 0 Å². The molecule has 1 aliphatic rings. The van der Waals surface area contributed by atoms with Crippen molar-refractivity contribution in [1.29, 1.82) is 0 Å². The molecule has 1 heterocycles. The lowest BCUT2D eigenvalue weighted by Crippen LogP contribution is -1.99. The first-order valence-electron chi connectivity index (χ1n) is 5.50. The molecule has 0 atom stereocenters. The first-order valence-corrected chi connectivity index (χ1v) is 5.50. The van der Waals surface area contributed by atoms with Crippen molar-refractivity contribution in [3.8, 4) is 11.5 Å². The van der Waals surface area contributed by atoms with Gasteiger partial charge in [0.15, 0.2) is 11.5 Å². The highest BCUT2D eigenvalue weighted by Gasteiger charge is 2.21. The SMILES string of the molecule is O=C(O)CCCc1cc2c(cc1C(F)F)OCO2. The van der Waals surface area contributed by atoms with E-state index in [0.717, 1.165) is 0 Å². The molecule has 0 saturated heterocycles. The molecule has 0 saturated carbocycles. The Morgan fingerprint density at radius 1 is 1.33 bits per heavy atom. The van der Waals surface area contributed by atoms with E-state index in [1.165, 1.54) is 12.1 Å². The molecule has 0 bridgehead atoms. The molecule has 0 radical (unpaired) electrons. The Labute approximate surface area is 102 Å². The van der Waals surface area contributed by atoms with Crippen LogP contribution < -0.4 is 9.47 Å². The number of fused-ring (bicyclic) bond motifs is 1. The lowest BCUT2D eigenvalue weighted by atomic mass is 10.0. The number of hydrogen-bond donors (Lipinski definition) is 1. The van der Waals surface area contributed by atoms with Crippen molar-refractivity contribution in [3.63, 3.8) is 0 Å². The summed E-state index contributed by atoms with van der Waals surface area (Å²) in [5, 5.41) is 8.53. The first-order chi connectivity index (χ1) is 8.58. The quantitative estimate of drug-likeness (QED) is 0.882. The maximum atomic E-state index is 12.9. The van der Waals surface area contributed by atoms with Gasteiger partial charge in [-0.3, -0.25) is 4.79 Å². The summed E-state index contributed by atoms with van der Waals surface area (Å²) in [7, 11) is 0. The van der Waals surface area contributed by atoms with Crippen molar-refractivity contribution < 1.29 is 28.2 Å². The van der Waals surface area contributed by atoms with Crippen LogP contribution in [0.25, 0.3) is 0 Å². The minimum absolute atomic E-state index is 0.0244. The summed E-state index contributed by atoms with van der Waals surface area (Å²) in [6.45, 7) is 0.0244. The van der Waals surface area contributed by atoms with Crippen LogP contribution >= 0.6 is 0 Å². The van der Waals surface area contributed by atoms with E-state index in [2.05, 4.69) is 0 Å². The molecule has 2 rings (SSSR count). The zero-order valence-corrected chi connectivity index (χ0v) is 9.49. The summed E-state index contributed by atoms with van der Waals surface area (Å²) in [6.07, 6.45) is -2.06. The fourth-order valence-corrected chi connectivity index (χ4v) is 1.85. The molecule has 0 unspecified atom stereocenters. The molecule has 18 heavy (non-hydrogen) atoms. The minimum Gasteiger partial charge on any atom is -0.481 e. The third-order valence-electron chi connectivity index (χ3n) is 2.71. The number of aliphatic carboxylic acids is 1. The summed E-state index contributed by atoms with van der Waals surface area (Å²) < 4.78 is 35.9. The number of hydrogen-bond acceptors (Lipinski definition) is 3. The molecule has 1 N–H and O–H groups in total. The normalized spacial score (nSPS) is 13.1. The monoisotopic (exact) mass is 258 g/mol. The van der Waals surface area contributed by atoms with Crippen LogP contribution in [0.2, 0.25) is 0 Å². The highest BCUT2D eigenvalue weighted by Crippen LogP contribution is 2.38. The van der Waals surface area contributed by atoms with Gasteiger partial charge in [0.1, 0.15) is 0 Å². The molecule has 0 spiro atoms. The van der Waals surface area contributed by atoms with E-state index in [1.54, 1.807) is 0 Å². The smallest absolute Gasteiger partial charge is 0.303 e. The van der Waals surface area contributed by atoms with E-state index in [0.29, 0.717) is 23.5 Å². The average Bonchev–Trinajstić information content (AvgIpc) is 2.74. The predicted molar refractivity (Wildman–Crippen MR) is 58.1 cm³/mol. The third kappa shape index (κ3) is 2.69. The van der Waals surface area contributed by atoms with Gasteiger partial charge in [-0.15, -0.1) is 0 Å². The molecule has 6 heteroatoms. The van der Waals surface area contributed by atoms with Crippen LogP contribution in [0, 0.1) is 0 Å². The van der Waals surface area contributed by atoms with Crippen LogP contribution in [-0.2, 0) is 11.2 Å². The summed E-state index contributed by atoms with van der Waals surface area (Å²) in [5.74, 6) is -0.189. The summed E-state index contributed by atoms with van der Waals surface area (Å²) >= 11 is 0. The van der Waals surface area contributed by atoms with Gasteiger partial charge in [-0.2, -0.15) is 0 Å². The second-order valence-electron chi connectivity index (χ2n) is 3.95. The molecule has 1 aromatic carbocycles. The number of carbonyl (C=O) groups is 1. The fraction of sp³-hybridized carbons (Fsp3) is 0.417. The van der Waals surface area contributed by atoms with Gasteiger partial charge in [-0.05, 0) is 30.5 Å². The molecule has 0 amide bonds. The van der Waals surface area contributed by atoms with Crippen molar-refractivity contribution in [1.82, 2.24) is 0 Å². The Hall–Kier alpha value is -1.85. The topological polar surface area (TPSA) is 55.8 Å². The summed E-state index contributed by atoms with van der Waals surface area (Å²) in [6, 6.07) is 2.77. The van der Waals surface area contributed by atoms with Crippen molar-refractivity contribution in [2.24, 2.45) is 0 Å². The Balaban J connectivity index is 2.19. The van der Waals surface area contributed by atoms with Crippen molar-refractivity contribution in [3.05, 3.63) is 23.3 Å². The predicted octanol–water partition coefficient (Wildman–Crippen LogP) is 2.76. The molecular formula is C12H12F2O4. The minimum atomic E-state index is -2.61. The molecule has 0 fully saturated rings. The lowest BCUT2D eigenvalue weighted by molar-refractivity contribution is -0.137. The molecule has 4 nitrogen and oxygen atoms in total. The maximum absolute atomic E-state index is 12.9. The van der Waals surface area contributed by atoms with Crippen LogP contribution in [0.5, 0.6) is 11.5 Å². The zero-order chi connectivity index (χ0) is 13.1. The number of alkyl halides is 2. The first kappa shape index (κ1) is 12.6. The molecular weight excluding hydrogens is 246 g/mol. The molecule has 0 aliphatic carbocycles. The van der Waals surface area contributed by atoms with Crippen LogP contribution in [0.4, 0.5) is 8.78 Å². The van der Waals surface area contributed by atoms with Crippen LogP contribution in [0.15, 0.2) is 12.1 Å². The van der Waals surface area contributed by atoms with Gasteiger partial charge in [0.2, 0.25) is 6.79 Å². The van der Waals surface area contributed by atoms with Crippen molar-refractivity contribution >= 4 is 5.97 Å². The molecule has 1 aliphatic heterocycles. The van der Waals surface area contributed by atoms with Gasteiger partial charge in [0.25, 0.3) is 6.43 Å². The van der Waals surface area contributed by atoms with Gasteiger partial charge in [-0.25, -0.2) is 8.78 Å². The highest BCUT2D eigenvalue weighted by molar-refractivity contribution is 5.66. The number of halogens is 2. The number of carboxylic acid groups (broad SMARTS) is 1. The van der Waals surface area contributed by atoms with Crippen molar-refractivity contribution in [2.45, 2.75) is 25.7 Å². The van der Waals surface area contributed by atoms with E-state index in [9.17, 15) is 13.6 Å². The number of ether oxygens (including phenoxy) is 2. The number of rotatable bonds is 5. The van der Waals surface area contributed by atoms with E-state index in [1.807, 2.05) is 0 Å². The van der Waals surface area contributed by atoms with Gasteiger partial charge >= 0.3 is 5.97 Å². The van der Waals surface area contributed by atoms with Gasteiger partial charge in [0.05, 0.1) is 0 Å². The number of carboxylic acids is 1. The van der Waals surface area contributed by atoms with Crippen LogP contribution in [0.1, 0.15) is 30.4 Å². The molecule has 98 valence electrons. The Bertz CT molecular complexity index is 460. The summed E-state index contributed by atoms with van der Waals surface area (Å²) in [5.41, 5.74) is 0.292. The second-order valence-corrected chi connectivity index (χ2v) is 3.95. The van der Waals surface area contributed by atoms with Gasteiger partial charge in [0, 0.05) is 12.0 Å². The van der Waals surface area contributed by atoms with E-state index in [-0.39, 0.29) is 25.2 Å². The summed E-state index contributed by atoms with van der Waals surface area (Å²) in [4.78, 5) is 10.4. The number of benzene rings is 1. The zero-order valence-electron chi connectivity index (χ0n) is 9.49. The van der Waals surface area contributed by atoms with Crippen molar-refractivity contribution in [2.75, 3.05) is 6.79 Å². The molecule has 1 aromatic rings. The van der Waals surface area contributed by atoms with E-state index < -0.39 is 12.4 Å². The number of aryl methyl sites for hydroxylation is 1. The fourth-order valence-electron chi connectivity index (χ4n) is 1.85. The van der Waals surface area contributed by atoms with Gasteiger partial charge < -0.3 is 14.6 Å². The van der Waals surface area contributed by atoms with E-state index >= 15 is 0 Å². The van der Waals surface area contributed by atoms with E-state index in [4.69, 9.17) is 14.6 Å². The van der Waals surface area contributed by atoms with Crippen LogP contribution in [0.3, 0.4) is 0 Å². The van der Waals surface area contributed by atoms with Crippen LogP contribution in [-0.4, -0.2) is 17.9 Å². The Morgan fingerprint density at radius 3 is 2.61 bits per heavy atom. The average molecular weight is 258 g/mol. The lowest BCUT2D eigenvalue weighted by Gasteiger charge is -2.09. The third-order valence-corrected chi connectivity index (χ3v) is 2.71.